The van der Waals surface area contributed by atoms with Gasteiger partial charge >= 0.3 is 5.69 Å². The van der Waals surface area contributed by atoms with E-state index in [1.807, 2.05) is 0 Å². The second-order valence-corrected chi connectivity index (χ2v) is 7.53. The number of hydrogen-bond donors (Lipinski definition) is 1. The van der Waals surface area contributed by atoms with Gasteiger partial charge in [0, 0.05) is 6.04 Å². The summed E-state index contributed by atoms with van der Waals surface area (Å²) in [5.41, 5.74) is 0.766. The van der Waals surface area contributed by atoms with Gasteiger partial charge in [-0.3, -0.25) is 19.6 Å². The molecule has 132 valence electrons. The third-order valence-corrected chi connectivity index (χ3v) is 6.02. The van der Waals surface area contributed by atoms with Gasteiger partial charge < -0.3 is 5.32 Å². The van der Waals surface area contributed by atoms with Crippen LogP contribution >= 0.6 is 0 Å². The Labute approximate surface area is 142 Å². The molecule has 0 radical (unpaired) electrons. The first-order valence-corrected chi connectivity index (χ1v) is 8.80. The lowest BCUT2D eigenvalue weighted by atomic mass is 9.84. The maximum atomic E-state index is 12.6. The minimum atomic E-state index is -0.557. The van der Waals surface area contributed by atoms with Gasteiger partial charge in [-0.15, -0.1) is 0 Å². The number of carbonyl (C=O) groups excluding carboxylic acids is 1. The molecule has 1 amide bonds. The van der Waals surface area contributed by atoms with Gasteiger partial charge in [-0.1, -0.05) is 6.42 Å². The lowest BCUT2D eigenvalue weighted by Gasteiger charge is -2.29. The van der Waals surface area contributed by atoms with Crippen LogP contribution in [0.2, 0.25) is 0 Å². The highest BCUT2D eigenvalue weighted by Gasteiger charge is 2.42. The van der Waals surface area contributed by atoms with Crippen molar-refractivity contribution in [2.75, 3.05) is 0 Å². The molecule has 1 N–H and O–H groups in total. The number of carbonyl (C=O) groups is 1. The van der Waals surface area contributed by atoms with Gasteiger partial charge in [0.05, 0.1) is 4.92 Å². The van der Waals surface area contributed by atoms with E-state index in [1.165, 1.54) is 30.4 Å². The molecular weight excluding hydrogens is 308 g/mol. The third kappa shape index (κ3) is 2.80. The van der Waals surface area contributed by atoms with E-state index in [-0.39, 0.29) is 17.6 Å². The summed E-state index contributed by atoms with van der Waals surface area (Å²) in [6.07, 6.45) is 5.15. The Bertz CT molecular complexity index is 669. The second-order valence-electron chi connectivity index (χ2n) is 7.53. The van der Waals surface area contributed by atoms with Crippen LogP contribution in [0.1, 0.15) is 57.0 Å². The van der Waals surface area contributed by atoms with Crippen molar-refractivity contribution in [3.05, 3.63) is 21.5 Å². The van der Waals surface area contributed by atoms with E-state index in [9.17, 15) is 14.9 Å². The maximum absolute atomic E-state index is 12.6. The number of nitro groups is 1. The minimum Gasteiger partial charge on any atom is -0.352 e. The molecule has 5 atom stereocenters. The van der Waals surface area contributed by atoms with Crippen LogP contribution < -0.4 is 5.32 Å². The molecule has 1 heterocycles. The predicted molar refractivity (Wildman–Crippen MR) is 89.6 cm³/mol. The van der Waals surface area contributed by atoms with Gasteiger partial charge in [0.25, 0.3) is 0 Å². The van der Waals surface area contributed by atoms with Crippen molar-refractivity contribution in [2.24, 2.45) is 17.8 Å². The van der Waals surface area contributed by atoms with Crippen molar-refractivity contribution >= 4 is 11.6 Å². The van der Waals surface area contributed by atoms with Crippen molar-refractivity contribution in [2.45, 2.75) is 65.5 Å². The summed E-state index contributed by atoms with van der Waals surface area (Å²) in [5.74, 6) is 2.03. The van der Waals surface area contributed by atoms with Crippen LogP contribution in [0.25, 0.3) is 0 Å². The van der Waals surface area contributed by atoms with Crippen LogP contribution in [0.5, 0.6) is 0 Å². The Balaban J connectivity index is 1.69. The molecule has 7 nitrogen and oxygen atoms in total. The number of amides is 1. The standard InChI is InChI=1S/C17H26N4O3/c1-9(15-8-13-5-6-14(15)7-13)18-17(22)12(4)20-11(3)16(21(23)24)10(2)19-20/h9,12-15H,5-8H2,1-4H3,(H,18,22)/t9-,12-,13+,14+,15+/m1/s1. The summed E-state index contributed by atoms with van der Waals surface area (Å²) < 4.78 is 1.47. The largest absolute Gasteiger partial charge is 0.352 e. The first kappa shape index (κ1) is 16.9. The minimum absolute atomic E-state index is 0.00389. The number of aromatic nitrogens is 2. The van der Waals surface area contributed by atoms with Gasteiger partial charge in [0.1, 0.15) is 17.4 Å². The quantitative estimate of drug-likeness (QED) is 0.662. The van der Waals surface area contributed by atoms with Crippen LogP contribution in [-0.4, -0.2) is 26.7 Å². The molecule has 2 aliphatic carbocycles. The Morgan fingerprint density at radius 2 is 2.04 bits per heavy atom. The molecule has 0 saturated heterocycles. The monoisotopic (exact) mass is 334 g/mol. The summed E-state index contributed by atoms with van der Waals surface area (Å²) in [6.45, 7) is 7.07. The second kappa shape index (κ2) is 6.18. The molecule has 2 fully saturated rings. The van der Waals surface area contributed by atoms with Crippen molar-refractivity contribution in [3.63, 3.8) is 0 Å². The first-order valence-electron chi connectivity index (χ1n) is 8.80. The Morgan fingerprint density at radius 3 is 2.54 bits per heavy atom. The van der Waals surface area contributed by atoms with Crippen LogP contribution in [0, 0.1) is 41.7 Å². The van der Waals surface area contributed by atoms with E-state index < -0.39 is 11.0 Å². The molecule has 0 aliphatic heterocycles. The molecule has 7 heteroatoms. The Kier molecular flexibility index (Phi) is 4.36. The van der Waals surface area contributed by atoms with Crippen molar-refractivity contribution < 1.29 is 9.72 Å². The summed E-state index contributed by atoms with van der Waals surface area (Å²) in [6, 6.07) is -0.416. The number of aryl methyl sites for hydroxylation is 1. The SMILES string of the molecule is Cc1nn([C@H](C)C(=O)N[C@H](C)[C@@H]2C[C@H]3CC[C@H]2C3)c(C)c1[N+](=O)[O-]. The van der Waals surface area contributed by atoms with Crippen molar-refractivity contribution in [1.82, 2.24) is 15.1 Å². The summed E-state index contributed by atoms with van der Waals surface area (Å²) in [5, 5.41) is 18.5. The number of rotatable bonds is 5. The van der Waals surface area contributed by atoms with Gasteiger partial charge in [0.2, 0.25) is 5.91 Å². The maximum Gasteiger partial charge on any atom is 0.312 e. The zero-order valence-corrected chi connectivity index (χ0v) is 14.8. The third-order valence-electron chi connectivity index (χ3n) is 6.02. The van der Waals surface area contributed by atoms with Crippen molar-refractivity contribution in [1.29, 1.82) is 0 Å². The molecule has 2 saturated carbocycles. The summed E-state index contributed by atoms with van der Waals surface area (Å²) in [4.78, 5) is 23.3. The topological polar surface area (TPSA) is 90.1 Å². The molecule has 1 aromatic rings. The summed E-state index contributed by atoms with van der Waals surface area (Å²) >= 11 is 0. The van der Waals surface area contributed by atoms with E-state index in [2.05, 4.69) is 17.3 Å². The van der Waals surface area contributed by atoms with E-state index in [0.717, 1.165) is 11.8 Å². The van der Waals surface area contributed by atoms with Gasteiger partial charge in [0.15, 0.2) is 0 Å². The number of nitrogens with one attached hydrogen (secondary N) is 1. The molecule has 1 aromatic heterocycles. The molecule has 24 heavy (non-hydrogen) atoms. The highest BCUT2D eigenvalue weighted by Crippen LogP contribution is 2.49. The van der Waals surface area contributed by atoms with E-state index in [0.29, 0.717) is 17.3 Å². The van der Waals surface area contributed by atoms with Crippen molar-refractivity contribution in [3.8, 4) is 0 Å². The highest BCUT2D eigenvalue weighted by molar-refractivity contribution is 5.80. The van der Waals surface area contributed by atoms with E-state index >= 15 is 0 Å². The Morgan fingerprint density at radius 1 is 1.33 bits per heavy atom. The fourth-order valence-corrected chi connectivity index (χ4v) is 4.76. The smallest absolute Gasteiger partial charge is 0.312 e. The predicted octanol–water partition coefficient (Wildman–Crippen LogP) is 2.91. The fourth-order valence-electron chi connectivity index (χ4n) is 4.76. The first-order chi connectivity index (χ1) is 11.3. The number of hydrogen-bond acceptors (Lipinski definition) is 4. The van der Waals surface area contributed by atoms with Crippen LogP contribution in [0.4, 0.5) is 5.69 Å². The van der Waals surface area contributed by atoms with E-state index in [1.54, 1.807) is 20.8 Å². The van der Waals surface area contributed by atoms with Crippen LogP contribution in [-0.2, 0) is 4.79 Å². The lowest BCUT2D eigenvalue weighted by Crippen LogP contribution is -2.43. The summed E-state index contributed by atoms with van der Waals surface area (Å²) in [7, 11) is 0. The Hall–Kier alpha value is -1.92. The average molecular weight is 334 g/mol. The van der Waals surface area contributed by atoms with Gasteiger partial charge in [-0.25, -0.2) is 0 Å². The van der Waals surface area contributed by atoms with Gasteiger partial charge in [-0.2, -0.15) is 5.10 Å². The molecule has 2 aliphatic rings. The number of fused-ring (bicyclic) bond motifs is 2. The molecule has 0 unspecified atom stereocenters. The molecular formula is C17H26N4O3. The van der Waals surface area contributed by atoms with Gasteiger partial charge in [-0.05, 0) is 64.7 Å². The fraction of sp³-hybridized carbons (Fsp3) is 0.765. The molecule has 3 rings (SSSR count). The molecule has 2 bridgehead atoms. The zero-order chi connectivity index (χ0) is 17.6. The zero-order valence-electron chi connectivity index (χ0n) is 14.8. The lowest BCUT2D eigenvalue weighted by molar-refractivity contribution is -0.386. The normalized spacial score (nSPS) is 27.9. The molecule has 0 aromatic carbocycles. The van der Waals surface area contributed by atoms with E-state index in [4.69, 9.17) is 0 Å². The van der Waals surface area contributed by atoms with Crippen LogP contribution in [0.3, 0.4) is 0 Å². The highest BCUT2D eigenvalue weighted by atomic mass is 16.6. The number of nitrogens with zero attached hydrogens (tertiary/aromatic N) is 3. The average Bonchev–Trinajstić information content (AvgIpc) is 3.20. The molecule has 0 spiro atoms. The van der Waals surface area contributed by atoms with Crippen LogP contribution in [0.15, 0.2) is 0 Å².